The van der Waals surface area contributed by atoms with E-state index in [1.54, 1.807) is 0 Å². The Morgan fingerprint density at radius 3 is 1.84 bits per heavy atom. The zero-order valence-electron chi connectivity index (χ0n) is 34.6. The van der Waals surface area contributed by atoms with E-state index in [9.17, 15) is 0 Å². The average molecular weight is 722 g/mol. The maximum absolute atomic E-state index is 7.18. The molecule has 2 aliphatic carbocycles. The number of nitrogens with zero attached hydrogens (tertiary/aromatic N) is 1. The first kappa shape index (κ1) is 35.6. The molecule has 0 saturated carbocycles. The van der Waals surface area contributed by atoms with Gasteiger partial charge in [-0.1, -0.05) is 137 Å². The van der Waals surface area contributed by atoms with Gasteiger partial charge in [0.25, 0.3) is 0 Å². The number of anilines is 3. The molecule has 7 aromatic rings. The van der Waals surface area contributed by atoms with Crippen LogP contribution in [0.25, 0.3) is 44.2 Å². The molecule has 1 heterocycles. The summed E-state index contributed by atoms with van der Waals surface area (Å²) in [6.45, 7) is 25.6. The monoisotopic (exact) mass is 721 g/mol. The summed E-state index contributed by atoms with van der Waals surface area (Å²) >= 11 is 0. The Morgan fingerprint density at radius 2 is 1.16 bits per heavy atom. The van der Waals surface area contributed by atoms with Gasteiger partial charge in [-0.3, -0.25) is 0 Å². The van der Waals surface area contributed by atoms with E-state index in [2.05, 4.69) is 184 Å². The number of furan rings is 1. The van der Waals surface area contributed by atoms with Crippen molar-refractivity contribution >= 4 is 39.0 Å². The molecule has 9 rings (SSSR count). The molecular weight excluding hydrogens is 667 g/mol. The highest BCUT2D eigenvalue weighted by Gasteiger charge is 2.39. The van der Waals surface area contributed by atoms with E-state index >= 15 is 0 Å². The van der Waals surface area contributed by atoms with Crippen LogP contribution in [0.3, 0.4) is 0 Å². The van der Waals surface area contributed by atoms with Crippen LogP contribution in [0, 0.1) is 0 Å². The van der Waals surface area contributed by atoms with Crippen LogP contribution in [0.15, 0.2) is 108 Å². The van der Waals surface area contributed by atoms with E-state index in [0.717, 1.165) is 34.6 Å². The minimum Gasteiger partial charge on any atom is -0.454 e. The maximum Gasteiger partial charge on any atom is 0.159 e. The van der Waals surface area contributed by atoms with E-state index in [0.29, 0.717) is 17.8 Å². The van der Waals surface area contributed by atoms with Gasteiger partial charge >= 0.3 is 0 Å². The van der Waals surface area contributed by atoms with Crippen molar-refractivity contribution in [2.75, 3.05) is 4.90 Å². The van der Waals surface area contributed by atoms with Gasteiger partial charge in [0.1, 0.15) is 5.58 Å². The molecule has 0 unspecified atom stereocenters. The highest BCUT2D eigenvalue weighted by molar-refractivity contribution is 6.12. The Morgan fingerprint density at radius 1 is 0.564 bits per heavy atom. The molecule has 0 N–H and O–H groups in total. The number of hydrogen-bond donors (Lipinski definition) is 0. The first-order valence-electron chi connectivity index (χ1n) is 20.6. The minimum absolute atomic E-state index is 0.125. The smallest absolute Gasteiger partial charge is 0.159 e. The van der Waals surface area contributed by atoms with Crippen molar-refractivity contribution in [1.29, 1.82) is 0 Å². The Labute approximate surface area is 328 Å². The van der Waals surface area contributed by atoms with Gasteiger partial charge in [0.05, 0.1) is 5.69 Å². The van der Waals surface area contributed by atoms with E-state index in [-0.39, 0.29) is 10.8 Å². The summed E-state index contributed by atoms with van der Waals surface area (Å²) in [6, 6.07) is 39.8. The third-order valence-electron chi connectivity index (χ3n) is 13.2. The molecule has 6 aromatic carbocycles. The van der Waals surface area contributed by atoms with Crippen molar-refractivity contribution in [3.63, 3.8) is 0 Å². The number of aryl methyl sites for hydroxylation is 1. The van der Waals surface area contributed by atoms with E-state index in [1.807, 2.05) is 0 Å². The molecule has 0 amide bonds. The molecule has 2 aliphatic rings. The van der Waals surface area contributed by atoms with E-state index in [1.165, 1.54) is 77.5 Å². The van der Waals surface area contributed by atoms with E-state index < -0.39 is 0 Å². The number of benzene rings is 6. The lowest BCUT2D eigenvalue weighted by Crippen LogP contribution is -2.18. The average Bonchev–Trinajstić information content (AvgIpc) is 3.74. The molecule has 0 aliphatic heterocycles. The van der Waals surface area contributed by atoms with Gasteiger partial charge in [0, 0.05) is 33.0 Å². The highest BCUT2D eigenvalue weighted by atomic mass is 16.3. The number of hydrogen-bond acceptors (Lipinski definition) is 2. The second kappa shape index (κ2) is 12.5. The van der Waals surface area contributed by atoms with Gasteiger partial charge in [0.15, 0.2) is 5.58 Å². The first-order chi connectivity index (χ1) is 26.2. The SMILES string of the molecule is CCc1cccc2c1-c1ccc(N(c3ccc4c(c3)C(C)(C)c3ccccc3-4)c3cc(C(C)C)cc4c3oc3cc(C(C)C)cc(C(C)C)c34)cc1C2(C)C. The summed E-state index contributed by atoms with van der Waals surface area (Å²) in [5, 5.41) is 2.46. The molecule has 0 spiro atoms. The van der Waals surface area contributed by atoms with Crippen molar-refractivity contribution in [3.05, 3.63) is 148 Å². The quantitative estimate of drug-likeness (QED) is 0.163. The van der Waals surface area contributed by atoms with Crippen molar-refractivity contribution in [2.24, 2.45) is 0 Å². The molecule has 0 saturated heterocycles. The topological polar surface area (TPSA) is 16.4 Å². The van der Waals surface area contributed by atoms with Crippen molar-refractivity contribution in [3.8, 4) is 22.3 Å². The molecule has 2 nitrogen and oxygen atoms in total. The summed E-state index contributed by atoms with van der Waals surface area (Å²) < 4.78 is 7.18. The third-order valence-corrected chi connectivity index (χ3v) is 13.2. The lowest BCUT2D eigenvalue weighted by atomic mass is 9.81. The Balaban J connectivity index is 1.36. The fraction of sp³-hybridized carbons (Fsp3) is 0.321. The predicted molar refractivity (Wildman–Crippen MR) is 235 cm³/mol. The molecule has 0 bridgehead atoms. The van der Waals surface area contributed by atoms with Crippen molar-refractivity contribution in [2.45, 2.75) is 111 Å². The molecule has 0 fully saturated rings. The molecular formula is C53H55NO. The highest BCUT2D eigenvalue weighted by Crippen LogP contribution is 2.55. The second-order valence-electron chi connectivity index (χ2n) is 18.3. The first-order valence-corrected chi connectivity index (χ1v) is 20.6. The molecule has 2 heteroatoms. The lowest BCUT2D eigenvalue weighted by molar-refractivity contribution is 0.659. The van der Waals surface area contributed by atoms with Crippen LogP contribution < -0.4 is 4.90 Å². The van der Waals surface area contributed by atoms with Gasteiger partial charge in [-0.15, -0.1) is 0 Å². The normalized spacial score (nSPS) is 14.9. The summed E-state index contributed by atoms with van der Waals surface area (Å²) in [5.74, 6) is 1.10. The molecule has 1 aromatic heterocycles. The van der Waals surface area contributed by atoms with Crippen LogP contribution in [0.2, 0.25) is 0 Å². The van der Waals surface area contributed by atoms with Crippen LogP contribution in [-0.2, 0) is 17.3 Å². The van der Waals surface area contributed by atoms with E-state index in [4.69, 9.17) is 4.42 Å². The summed E-state index contributed by atoms with van der Waals surface area (Å²) in [7, 11) is 0. The molecule has 278 valence electrons. The summed E-state index contributed by atoms with van der Waals surface area (Å²) in [6.07, 6.45) is 1.02. The van der Waals surface area contributed by atoms with Crippen LogP contribution in [-0.4, -0.2) is 0 Å². The molecule has 55 heavy (non-hydrogen) atoms. The van der Waals surface area contributed by atoms with Crippen molar-refractivity contribution < 1.29 is 4.42 Å². The Hall–Kier alpha value is -5.08. The van der Waals surface area contributed by atoms with Gasteiger partial charge < -0.3 is 9.32 Å². The van der Waals surface area contributed by atoms with Crippen LogP contribution in [0.5, 0.6) is 0 Å². The second-order valence-corrected chi connectivity index (χ2v) is 18.3. The number of fused-ring (bicyclic) bond motifs is 9. The largest absolute Gasteiger partial charge is 0.454 e. The number of rotatable bonds is 7. The lowest BCUT2D eigenvalue weighted by Gasteiger charge is -2.30. The predicted octanol–water partition coefficient (Wildman–Crippen LogP) is 15.6. The maximum atomic E-state index is 7.18. The summed E-state index contributed by atoms with van der Waals surface area (Å²) in [5.41, 5.74) is 21.5. The Kier molecular flexibility index (Phi) is 8.07. The van der Waals surface area contributed by atoms with Crippen LogP contribution >= 0.6 is 0 Å². The molecule has 0 atom stereocenters. The summed E-state index contributed by atoms with van der Waals surface area (Å²) in [4.78, 5) is 2.51. The van der Waals surface area contributed by atoms with Gasteiger partial charge in [-0.25, -0.2) is 0 Å². The minimum atomic E-state index is -0.132. The van der Waals surface area contributed by atoms with Crippen LogP contribution in [0.4, 0.5) is 17.1 Å². The van der Waals surface area contributed by atoms with Gasteiger partial charge in [-0.05, 0) is 133 Å². The van der Waals surface area contributed by atoms with Crippen molar-refractivity contribution in [1.82, 2.24) is 0 Å². The fourth-order valence-electron chi connectivity index (χ4n) is 9.90. The van der Waals surface area contributed by atoms with Gasteiger partial charge in [0.2, 0.25) is 0 Å². The third kappa shape index (κ3) is 5.20. The fourth-order valence-corrected chi connectivity index (χ4v) is 9.90. The van der Waals surface area contributed by atoms with Crippen LogP contribution in [0.1, 0.15) is 138 Å². The standard InChI is InChI=1S/C53H55NO/c1-12-33-16-15-19-44-49(33)40-23-21-37(29-46(40)53(44,10)11)54(36-20-22-39-38-17-13-14-18-43(38)52(8,9)45(39)28-36)47-26-34(30(2)3)25-42-50-41(32(6)7)24-35(31(4)5)27-48(50)55-51(42)47/h13-32H,12H2,1-11H3. The Bertz CT molecular complexity index is 2680. The zero-order chi connectivity index (χ0) is 38.7. The molecule has 0 radical (unpaired) electrons. The zero-order valence-corrected chi connectivity index (χ0v) is 34.6. The van der Waals surface area contributed by atoms with Gasteiger partial charge in [-0.2, -0.15) is 0 Å².